The molecule has 4 unspecified atom stereocenters. The number of benzene rings is 2. The summed E-state index contributed by atoms with van der Waals surface area (Å²) in [7, 11) is -3.56. The monoisotopic (exact) mass is 611 g/mol. The van der Waals surface area contributed by atoms with Gasteiger partial charge >= 0.3 is 5.97 Å². The minimum absolute atomic E-state index is 0.0365. The zero-order valence-electron chi connectivity index (χ0n) is 22.5. The molecule has 2 aliphatic rings. The molecule has 2 aromatic heterocycles. The fourth-order valence-corrected chi connectivity index (χ4v) is 6.98. The van der Waals surface area contributed by atoms with E-state index >= 15 is 0 Å². The second-order valence-electron chi connectivity index (χ2n) is 11.0. The fourth-order valence-electron chi connectivity index (χ4n) is 6.30. The van der Waals surface area contributed by atoms with Gasteiger partial charge in [-0.2, -0.15) is 0 Å². The molecule has 0 bridgehead atoms. The van der Waals surface area contributed by atoms with Gasteiger partial charge in [0.05, 0.1) is 40.8 Å². The van der Waals surface area contributed by atoms with Crippen molar-refractivity contribution in [3.8, 4) is 0 Å². The molecule has 3 N–H and O–H groups in total. The Hall–Kier alpha value is -4.00. The highest BCUT2D eigenvalue weighted by molar-refractivity contribution is 7.90. The molecule has 4 heterocycles. The van der Waals surface area contributed by atoms with E-state index in [4.69, 9.17) is 16.0 Å². The van der Waals surface area contributed by atoms with Crippen molar-refractivity contribution >= 4 is 61.1 Å². The van der Waals surface area contributed by atoms with Crippen LogP contribution in [0.15, 0.2) is 58.1 Å². The number of carboxylic acids is 1. The van der Waals surface area contributed by atoms with Crippen LogP contribution in [0.4, 0.5) is 0 Å². The molecule has 0 saturated carbocycles. The second kappa shape index (κ2) is 9.79. The van der Waals surface area contributed by atoms with Gasteiger partial charge in [-0.1, -0.05) is 29.8 Å². The molecule has 2 saturated heterocycles. The summed E-state index contributed by atoms with van der Waals surface area (Å²) < 4.78 is 29.6. The molecule has 4 atom stereocenters. The van der Waals surface area contributed by atoms with Gasteiger partial charge in [-0.15, -0.1) is 0 Å². The number of aliphatic carboxylic acids is 1. The summed E-state index contributed by atoms with van der Waals surface area (Å²) in [5, 5.41) is 14.9. The molecule has 218 valence electrons. The van der Waals surface area contributed by atoms with Crippen molar-refractivity contribution in [2.45, 2.75) is 24.9 Å². The number of amides is 2. The van der Waals surface area contributed by atoms with Gasteiger partial charge in [0.15, 0.2) is 5.43 Å². The van der Waals surface area contributed by atoms with Crippen LogP contribution in [-0.4, -0.2) is 65.3 Å². The Morgan fingerprint density at radius 1 is 1.14 bits per heavy atom. The van der Waals surface area contributed by atoms with Crippen LogP contribution in [0.1, 0.15) is 22.7 Å². The highest BCUT2D eigenvalue weighted by Gasteiger charge is 2.68. The topological polar surface area (TPSA) is 167 Å². The molecule has 2 aliphatic heterocycles. The zero-order chi connectivity index (χ0) is 30.1. The molecule has 0 radical (unpaired) electrons. The van der Waals surface area contributed by atoms with Crippen molar-refractivity contribution in [3.63, 3.8) is 0 Å². The standard InChI is InChI=1S/C29H26ClN3O8S/c1-14-9-21-17(10-19(14)30)25(34)18(13-41-21)24-22-23(27(36)33(26(22)35)7-8-42(2,39)40)29(32-24,28(37)38)11-15-12-31-20-6-4-3-5-16(15)20/h3-6,9-10,12-13,22-24,31-32H,7-8,11H2,1-2H3,(H,37,38). The maximum Gasteiger partial charge on any atom is 0.325 e. The van der Waals surface area contributed by atoms with Gasteiger partial charge in [-0.05, 0) is 36.2 Å². The van der Waals surface area contributed by atoms with Gasteiger partial charge in [0.1, 0.15) is 21.0 Å². The first-order valence-electron chi connectivity index (χ1n) is 13.1. The number of halogens is 1. The lowest BCUT2D eigenvalue weighted by Gasteiger charge is -2.31. The molecule has 2 fully saturated rings. The summed E-state index contributed by atoms with van der Waals surface area (Å²) in [6, 6.07) is 9.07. The summed E-state index contributed by atoms with van der Waals surface area (Å²) in [5.41, 5.74) is -0.303. The number of H-pyrrole nitrogens is 1. The lowest BCUT2D eigenvalue weighted by molar-refractivity contribution is -0.151. The number of sulfone groups is 1. The first kappa shape index (κ1) is 28.1. The SMILES string of the molecule is Cc1cc2occ(C3NC(Cc4c[nH]c5ccccc45)(C(=O)O)C4C(=O)N(CCS(C)(=O)=O)C(=O)C34)c(=O)c2cc1Cl. The van der Waals surface area contributed by atoms with Crippen molar-refractivity contribution in [2.24, 2.45) is 11.8 Å². The first-order chi connectivity index (χ1) is 19.8. The van der Waals surface area contributed by atoms with Crippen LogP contribution in [0, 0.1) is 18.8 Å². The van der Waals surface area contributed by atoms with Gasteiger partial charge in [-0.3, -0.25) is 29.4 Å². The summed E-state index contributed by atoms with van der Waals surface area (Å²) in [6.07, 6.45) is 3.60. The van der Waals surface area contributed by atoms with Crippen LogP contribution >= 0.6 is 11.6 Å². The van der Waals surface area contributed by atoms with Gasteiger partial charge in [0.25, 0.3) is 0 Å². The Kier molecular flexibility index (Phi) is 6.56. The Labute approximate surface area is 244 Å². The number of nitrogens with zero attached hydrogens (tertiary/aromatic N) is 1. The molecule has 0 aliphatic carbocycles. The Balaban J connectivity index is 1.52. The summed E-state index contributed by atoms with van der Waals surface area (Å²) in [5.74, 6) is -6.18. The maximum absolute atomic E-state index is 13.9. The van der Waals surface area contributed by atoms with Crippen LogP contribution < -0.4 is 10.7 Å². The number of carboxylic acid groups (broad SMARTS) is 1. The van der Waals surface area contributed by atoms with Gasteiger partial charge in [0, 0.05) is 41.3 Å². The number of para-hydroxylation sites is 1. The van der Waals surface area contributed by atoms with Crippen molar-refractivity contribution in [1.29, 1.82) is 0 Å². The van der Waals surface area contributed by atoms with Gasteiger partial charge < -0.3 is 14.5 Å². The second-order valence-corrected chi connectivity index (χ2v) is 13.7. The first-order valence-corrected chi connectivity index (χ1v) is 15.6. The van der Waals surface area contributed by atoms with E-state index in [1.807, 2.05) is 18.2 Å². The average Bonchev–Trinajstić information content (AvgIpc) is 3.56. The number of likely N-dealkylation sites (tertiary alicyclic amines) is 1. The quantitative estimate of drug-likeness (QED) is 0.266. The van der Waals surface area contributed by atoms with E-state index < -0.39 is 68.8 Å². The number of aryl methyl sites for hydroxylation is 1. The molecule has 2 aromatic carbocycles. The zero-order valence-corrected chi connectivity index (χ0v) is 24.1. The van der Waals surface area contributed by atoms with E-state index in [-0.39, 0.29) is 23.0 Å². The Morgan fingerprint density at radius 2 is 1.88 bits per heavy atom. The lowest BCUT2D eigenvalue weighted by atomic mass is 9.76. The third-order valence-electron chi connectivity index (χ3n) is 8.37. The van der Waals surface area contributed by atoms with E-state index in [0.717, 1.165) is 22.1 Å². The largest absolute Gasteiger partial charge is 0.480 e. The van der Waals surface area contributed by atoms with E-state index in [0.29, 0.717) is 16.1 Å². The number of carbonyl (C=O) groups is 3. The number of fused-ring (bicyclic) bond motifs is 3. The number of nitrogens with one attached hydrogen (secondary N) is 2. The maximum atomic E-state index is 13.9. The van der Waals surface area contributed by atoms with Gasteiger partial charge in [-0.25, -0.2) is 8.42 Å². The number of aromatic nitrogens is 1. The fraction of sp³-hybridized carbons (Fsp3) is 0.310. The Bertz CT molecular complexity index is 1980. The lowest BCUT2D eigenvalue weighted by Crippen LogP contribution is -2.57. The predicted octanol–water partition coefficient (Wildman–Crippen LogP) is 2.59. The number of carbonyl (C=O) groups excluding carboxylic acids is 2. The smallest absolute Gasteiger partial charge is 0.325 e. The highest BCUT2D eigenvalue weighted by Crippen LogP contribution is 2.50. The number of aromatic amines is 1. The Morgan fingerprint density at radius 3 is 2.60 bits per heavy atom. The van der Waals surface area contributed by atoms with E-state index in [9.17, 15) is 32.7 Å². The highest BCUT2D eigenvalue weighted by atomic mass is 35.5. The van der Waals surface area contributed by atoms with Crippen molar-refractivity contribution in [2.75, 3.05) is 18.6 Å². The third-order valence-corrected chi connectivity index (χ3v) is 9.70. The van der Waals surface area contributed by atoms with Crippen molar-refractivity contribution in [1.82, 2.24) is 15.2 Å². The minimum atomic E-state index is -3.56. The van der Waals surface area contributed by atoms with Crippen LogP contribution in [-0.2, 0) is 30.6 Å². The number of hydrogen-bond acceptors (Lipinski definition) is 8. The molecule has 13 heteroatoms. The summed E-state index contributed by atoms with van der Waals surface area (Å²) >= 11 is 6.28. The van der Waals surface area contributed by atoms with Crippen LogP contribution in [0.5, 0.6) is 0 Å². The average molecular weight is 612 g/mol. The van der Waals surface area contributed by atoms with E-state index in [2.05, 4.69) is 10.3 Å². The van der Waals surface area contributed by atoms with E-state index in [1.54, 1.807) is 25.3 Å². The van der Waals surface area contributed by atoms with Crippen LogP contribution in [0.3, 0.4) is 0 Å². The number of rotatable bonds is 7. The normalized spacial score (nSPS) is 24.2. The molecule has 0 spiro atoms. The molecule has 4 aromatic rings. The molecule has 11 nitrogen and oxygen atoms in total. The third kappa shape index (κ3) is 4.32. The van der Waals surface area contributed by atoms with Crippen molar-refractivity contribution in [3.05, 3.63) is 80.8 Å². The van der Waals surface area contributed by atoms with Crippen molar-refractivity contribution < 1.29 is 32.3 Å². The van der Waals surface area contributed by atoms with Crippen LogP contribution in [0.2, 0.25) is 5.02 Å². The molecule has 6 rings (SSSR count). The van der Waals surface area contributed by atoms with Crippen LogP contribution in [0.25, 0.3) is 21.9 Å². The predicted molar refractivity (Wildman–Crippen MR) is 154 cm³/mol. The summed E-state index contributed by atoms with van der Waals surface area (Å²) in [6.45, 7) is 1.32. The molecule has 42 heavy (non-hydrogen) atoms. The summed E-state index contributed by atoms with van der Waals surface area (Å²) in [4.78, 5) is 58.5. The van der Waals surface area contributed by atoms with Gasteiger partial charge in [0.2, 0.25) is 11.8 Å². The number of imide groups is 1. The van der Waals surface area contributed by atoms with E-state index in [1.165, 1.54) is 12.3 Å². The number of hydrogen-bond donors (Lipinski definition) is 3. The molecular weight excluding hydrogens is 586 g/mol. The minimum Gasteiger partial charge on any atom is -0.480 e. The molecular formula is C29H26ClN3O8S. The molecule has 2 amide bonds.